The first-order valence-corrected chi connectivity index (χ1v) is 6.80. The van der Waals surface area contributed by atoms with Crippen LogP contribution in [-0.4, -0.2) is 36.5 Å². The minimum Gasteiger partial charge on any atom is -0.340 e. The molecule has 1 atom stereocenters. The van der Waals surface area contributed by atoms with Gasteiger partial charge in [0.25, 0.3) is 0 Å². The number of amides is 1. The molecule has 0 spiro atoms. The van der Waals surface area contributed by atoms with Gasteiger partial charge in [-0.1, -0.05) is 15.9 Å². The Balaban J connectivity index is 0.00000180. The molecular weight excluding hydrogens is 335 g/mol. The molecule has 1 unspecified atom stereocenters. The third-order valence-electron chi connectivity index (χ3n) is 3.07. The third-order valence-corrected chi connectivity index (χ3v) is 3.56. The van der Waals surface area contributed by atoms with E-state index in [-0.39, 0.29) is 30.6 Å². The maximum absolute atomic E-state index is 13.6. The highest BCUT2D eigenvalue weighted by Crippen LogP contribution is 2.17. The van der Waals surface area contributed by atoms with Crippen molar-refractivity contribution in [2.45, 2.75) is 19.4 Å². The van der Waals surface area contributed by atoms with Crippen LogP contribution in [0.15, 0.2) is 22.7 Å². The van der Waals surface area contributed by atoms with E-state index in [0.717, 1.165) is 11.0 Å². The molecule has 1 fully saturated rings. The highest BCUT2D eigenvalue weighted by Gasteiger charge is 2.21. The number of benzene rings is 1. The highest BCUT2D eigenvalue weighted by molar-refractivity contribution is 9.10. The number of nitrogens with one attached hydrogen (secondary N) is 1. The molecule has 0 saturated carbocycles. The number of hydrogen-bond donors (Lipinski definition) is 1. The van der Waals surface area contributed by atoms with Gasteiger partial charge in [0, 0.05) is 30.1 Å². The monoisotopic (exact) mass is 350 g/mol. The van der Waals surface area contributed by atoms with Crippen molar-refractivity contribution in [3.05, 3.63) is 34.1 Å². The van der Waals surface area contributed by atoms with Gasteiger partial charge in [-0.2, -0.15) is 0 Å². The summed E-state index contributed by atoms with van der Waals surface area (Å²) >= 11 is 3.29. The van der Waals surface area contributed by atoms with Crippen molar-refractivity contribution < 1.29 is 9.18 Å². The van der Waals surface area contributed by atoms with E-state index in [1.807, 2.05) is 6.92 Å². The third kappa shape index (κ3) is 4.44. The average Bonchev–Trinajstić information content (AvgIpc) is 2.34. The van der Waals surface area contributed by atoms with E-state index in [0.29, 0.717) is 24.7 Å². The predicted molar refractivity (Wildman–Crippen MR) is 79.1 cm³/mol. The van der Waals surface area contributed by atoms with Crippen molar-refractivity contribution >= 4 is 34.2 Å². The van der Waals surface area contributed by atoms with E-state index in [1.54, 1.807) is 17.0 Å². The van der Waals surface area contributed by atoms with Crippen molar-refractivity contribution in [3.8, 4) is 0 Å². The van der Waals surface area contributed by atoms with Crippen molar-refractivity contribution in [1.29, 1.82) is 0 Å². The van der Waals surface area contributed by atoms with E-state index in [2.05, 4.69) is 21.2 Å². The molecule has 0 bridgehead atoms. The van der Waals surface area contributed by atoms with Crippen LogP contribution in [0.4, 0.5) is 4.39 Å². The number of nitrogens with zero attached hydrogens (tertiary/aromatic N) is 1. The second-order valence-corrected chi connectivity index (χ2v) is 5.52. The fourth-order valence-corrected chi connectivity index (χ4v) is 2.52. The molecule has 1 aliphatic rings. The molecular formula is C13H17BrClFN2O. The molecule has 6 heteroatoms. The smallest absolute Gasteiger partial charge is 0.227 e. The van der Waals surface area contributed by atoms with Crippen LogP contribution in [0.1, 0.15) is 12.5 Å². The van der Waals surface area contributed by atoms with Crippen LogP contribution in [0.5, 0.6) is 0 Å². The van der Waals surface area contributed by atoms with Crippen LogP contribution in [0.3, 0.4) is 0 Å². The Morgan fingerprint density at radius 3 is 3.00 bits per heavy atom. The second-order valence-electron chi connectivity index (χ2n) is 4.61. The summed E-state index contributed by atoms with van der Waals surface area (Å²) < 4.78 is 14.4. The number of hydrogen-bond acceptors (Lipinski definition) is 2. The lowest BCUT2D eigenvalue weighted by Crippen LogP contribution is -2.51. The number of carbonyl (C=O) groups is 1. The van der Waals surface area contributed by atoms with Crippen LogP contribution in [0, 0.1) is 5.82 Å². The van der Waals surface area contributed by atoms with Crippen molar-refractivity contribution in [1.82, 2.24) is 10.2 Å². The Kier molecular flexibility index (Phi) is 6.23. The standard InChI is InChI=1S/C13H16BrFN2O.ClH/c1-9-8-17(5-4-16-9)13(18)7-10-6-11(14)2-3-12(10)15;/h2-3,6,9,16H,4-5,7-8H2,1H3;1H. The van der Waals surface area contributed by atoms with Crippen molar-refractivity contribution in [2.75, 3.05) is 19.6 Å². The van der Waals surface area contributed by atoms with Crippen LogP contribution in [0.25, 0.3) is 0 Å². The van der Waals surface area contributed by atoms with Gasteiger partial charge in [-0.3, -0.25) is 4.79 Å². The van der Waals surface area contributed by atoms with Gasteiger partial charge >= 0.3 is 0 Å². The highest BCUT2D eigenvalue weighted by atomic mass is 79.9. The maximum Gasteiger partial charge on any atom is 0.227 e. The number of carbonyl (C=O) groups excluding carboxylic acids is 1. The molecule has 1 aliphatic heterocycles. The summed E-state index contributed by atoms with van der Waals surface area (Å²) in [5.74, 6) is -0.338. The molecule has 0 aromatic heterocycles. The molecule has 0 radical (unpaired) electrons. The van der Waals surface area contributed by atoms with Crippen LogP contribution in [-0.2, 0) is 11.2 Å². The average molecular weight is 352 g/mol. The summed E-state index contributed by atoms with van der Waals surface area (Å²) in [5.41, 5.74) is 0.445. The number of halogens is 3. The van der Waals surface area contributed by atoms with E-state index in [1.165, 1.54) is 6.07 Å². The van der Waals surface area contributed by atoms with Gasteiger partial charge in [-0.25, -0.2) is 4.39 Å². The molecule has 1 heterocycles. The lowest BCUT2D eigenvalue weighted by molar-refractivity contribution is -0.131. The van der Waals surface area contributed by atoms with E-state index in [4.69, 9.17) is 0 Å². The fraction of sp³-hybridized carbons (Fsp3) is 0.462. The molecule has 1 saturated heterocycles. The Morgan fingerprint density at radius 2 is 2.32 bits per heavy atom. The van der Waals surface area contributed by atoms with Gasteiger partial charge < -0.3 is 10.2 Å². The van der Waals surface area contributed by atoms with Crippen molar-refractivity contribution in [3.63, 3.8) is 0 Å². The van der Waals surface area contributed by atoms with Gasteiger partial charge in [0.2, 0.25) is 5.91 Å². The van der Waals surface area contributed by atoms with E-state index in [9.17, 15) is 9.18 Å². The molecule has 1 aromatic rings. The zero-order chi connectivity index (χ0) is 13.1. The Labute approximate surface area is 127 Å². The zero-order valence-electron chi connectivity index (χ0n) is 10.7. The first-order valence-electron chi connectivity index (χ1n) is 6.01. The van der Waals surface area contributed by atoms with Gasteiger partial charge in [-0.05, 0) is 30.7 Å². The van der Waals surface area contributed by atoms with Crippen molar-refractivity contribution in [2.24, 2.45) is 0 Å². The molecule has 1 amide bonds. The minimum atomic E-state index is -0.324. The fourth-order valence-electron chi connectivity index (χ4n) is 2.11. The second kappa shape index (κ2) is 7.22. The zero-order valence-corrected chi connectivity index (χ0v) is 13.1. The minimum absolute atomic E-state index is 0. The SMILES string of the molecule is CC1CN(C(=O)Cc2cc(Br)ccc2F)CCN1.Cl. The Bertz CT molecular complexity index is 458. The molecule has 106 valence electrons. The first kappa shape index (κ1) is 16.4. The lowest BCUT2D eigenvalue weighted by Gasteiger charge is -2.32. The molecule has 3 nitrogen and oxygen atoms in total. The summed E-state index contributed by atoms with van der Waals surface area (Å²) in [6, 6.07) is 4.98. The topological polar surface area (TPSA) is 32.3 Å². The van der Waals surface area contributed by atoms with Crippen LogP contribution >= 0.6 is 28.3 Å². The van der Waals surface area contributed by atoms with E-state index >= 15 is 0 Å². The normalized spacial score (nSPS) is 18.9. The Hall–Kier alpha value is -0.650. The molecule has 1 N–H and O–H groups in total. The van der Waals surface area contributed by atoms with E-state index < -0.39 is 0 Å². The first-order chi connectivity index (χ1) is 8.56. The summed E-state index contributed by atoms with van der Waals surface area (Å²) in [4.78, 5) is 13.9. The Morgan fingerprint density at radius 1 is 1.58 bits per heavy atom. The lowest BCUT2D eigenvalue weighted by atomic mass is 10.1. The summed E-state index contributed by atoms with van der Waals surface area (Å²) in [6.07, 6.45) is 0.123. The van der Waals surface area contributed by atoms with Gasteiger partial charge in [0.1, 0.15) is 5.82 Å². The van der Waals surface area contributed by atoms with Crippen LogP contribution < -0.4 is 5.32 Å². The summed E-state index contributed by atoms with van der Waals surface area (Å²) in [7, 11) is 0. The molecule has 19 heavy (non-hydrogen) atoms. The van der Waals surface area contributed by atoms with Gasteiger partial charge in [0.15, 0.2) is 0 Å². The largest absolute Gasteiger partial charge is 0.340 e. The predicted octanol–water partition coefficient (Wildman–Crippen LogP) is 2.37. The number of piperazine rings is 1. The molecule has 2 rings (SSSR count). The van der Waals surface area contributed by atoms with Crippen LogP contribution in [0.2, 0.25) is 0 Å². The summed E-state index contributed by atoms with van der Waals surface area (Å²) in [6.45, 7) is 4.22. The number of rotatable bonds is 2. The molecule has 1 aromatic carbocycles. The van der Waals surface area contributed by atoms with Gasteiger partial charge in [-0.15, -0.1) is 12.4 Å². The molecule has 0 aliphatic carbocycles. The summed E-state index contributed by atoms with van der Waals surface area (Å²) in [5, 5.41) is 3.28. The maximum atomic E-state index is 13.6. The van der Waals surface area contributed by atoms with Gasteiger partial charge in [0.05, 0.1) is 6.42 Å². The quantitative estimate of drug-likeness (QED) is 0.887.